The Kier molecular flexibility index (Phi) is 2.03. The van der Waals surface area contributed by atoms with Crippen LogP contribution in [0.3, 0.4) is 0 Å². The van der Waals surface area contributed by atoms with Gasteiger partial charge in [-0.05, 0) is 24.0 Å². The molecule has 0 aromatic carbocycles. The van der Waals surface area contributed by atoms with Crippen molar-refractivity contribution in [3.8, 4) is 0 Å². The van der Waals surface area contributed by atoms with E-state index in [9.17, 15) is 0 Å². The standard InChI is InChI=1S/C12H15NO/c1-2-4-6-10-9(5-3-1)11-7-14-8-12(10)13-11/h1,3,5-6,11-13H,2,4,7-8H2/b3-1-,9-5+,10-6-. The topological polar surface area (TPSA) is 21.3 Å². The highest BCUT2D eigenvalue weighted by Gasteiger charge is 2.36. The first-order valence-electron chi connectivity index (χ1n) is 5.36. The SMILES string of the molecule is C1=C/CC/C=C2/C(=C\1)C1COCC2N1. The van der Waals surface area contributed by atoms with Gasteiger partial charge in [-0.1, -0.05) is 24.3 Å². The Bertz CT molecular complexity index is 327. The Morgan fingerprint density at radius 3 is 2.93 bits per heavy atom. The van der Waals surface area contributed by atoms with Gasteiger partial charge < -0.3 is 4.74 Å². The molecule has 2 aliphatic heterocycles. The number of rotatable bonds is 0. The molecule has 2 heteroatoms. The Labute approximate surface area is 84.3 Å². The summed E-state index contributed by atoms with van der Waals surface area (Å²) in [5, 5.41) is 3.59. The van der Waals surface area contributed by atoms with Crippen molar-refractivity contribution >= 4 is 0 Å². The number of morpholine rings is 1. The molecule has 2 nitrogen and oxygen atoms in total. The minimum Gasteiger partial charge on any atom is -0.377 e. The van der Waals surface area contributed by atoms with Gasteiger partial charge in [0.25, 0.3) is 0 Å². The van der Waals surface area contributed by atoms with Gasteiger partial charge in [0.1, 0.15) is 0 Å². The maximum Gasteiger partial charge on any atom is 0.0662 e. The molecule has 2 unspecified atom stereocenters. The van der Waals surface area contributed by atoms with E-state index in [4.69, 9.17) is 4.74 Å². The van der Waals surface area contributed by atoms with Crippen LogP contribution in [0.25, 0.3) is 0 Å². The summed E-state index contributed by atoms with van der Waals surface area (Å²) < 4.78 is 5.56. The molecule has 1 aliphatic carbocycles. The summed E-state index contributed by atoms with van der Waals surface area (Å²) in [4.78, 5) is 0. The number of fused-ring (bicyclic) bond motifs is 5. The molecule has 2 bridgehead atoms. The average Bonchev–Trinajstić information content (AvgIpc) is 2.37. The molecule has 0 saturated carbocycles. The quantitative estimate of drug-likeness (QED) is 0.624. The zero-order valence-electron chi connectivity index (χ0n) is 8.20. The number of nitrogens with one attached hydrogen (secondary N) is 1. The molecule has 1 N–H and O–H groups in total. The monoisotopic (exact) mass is 189 g/mol. The van der Waals surface area contributed by atoms with E-state index in [0.29, 0.717) is 12.1 Å². The maximum absolute atomic E-state index is 5.56. The molecular formula is C12H15NO. The van der Waals surface area contributed by atoms with Crippen molar-refractivity contribution in [2.45, 2.75) is 24.9 Å². The average molecular weight is 189 g/mol. The second-order valence-corrected chi connectivity index (χ2v) is 4.10. The molecule has 3 rings (SSSR count). The fourth-order valence-electron chi connectivity index (χ4n) is 2.48. The summed E-state index contributed by atoms with van der Waals surface area (Å²) in [6.45, 7) is 1.66. The Hall–Kier alpha value is -0.860. The van der Waals surface area contributed by atoms with Gasteiger partial charge >= 0.3 is 0 Å². The van der Waals surface area contributed by atoms with Gasteiger partial charge in [-0.25, -0.2) is 0 Å². The largest absolute Gasteiger partial charge is 0.377 e. The first kappa shape index (κ1) is 8.45. The van der Waals surface area contributed by atoms with E-state index in [0.717, 1.165) is 26.1 Å². The third kappa shape index (κ3) is 1.26. The van der Waals surface area contributed by atoms with Gasteiger partial charge in [-0.3, -0.25) is 5.32 Å². The van der Waals surface area contributed by atoms with Gasteiger partial charge in [0.15, 0.2) is 0 Å². The highest BCUT2D eigenvalue weighted by molar-refractivity contribution is 5.47. The van der Waals surface area contributed by atoms with Gasteiger partial charge in [0.2, 0.25) is 0 Å². The molecule has 0 radical (unpaired) electrons. The maximum atomic E-state index is 5.56. The second kappa shape index (κ2) is 3.37. The first-order chi connectivity index (χ1) is 6.95. The van der Waals surface area contributed by atoms with Gasteiger partial charge in [-0.2, -0.15) is 0 Å². The van der Waals surface area contributed by atoms with Crippen molar-refractivity contribution in [2.24, 2.45) is 0 Å². The predicted octanol–water partition coefficient (Wildman–Crippen LogP) is 1.56. The van der Waals surface area contributed by atoms with Crippen LogP contribution in [0.5, 0.6) is 0 Å². The third-order valence-corrected chi connectivity index (χ3v) is 3.17. The van der Waals surface area contributed by atoms with E-state index in [1.807, 2.05) is 0 Å². The fourth-order valence-corrected chi connectivity index (χ4v) is 2.48. The molecule has 0 aromatic heterocycles. The first-order valence-corrected chi connectivity index (χ1v) is 5.36. The predicted molar refractivity (Wildman–Crippen MR) is 56.1 cm³/mol. The van der Waals surface area contributed by atoms with Crippen LogP contribution >= 0.6 is 0 Å². The molecule has 2 saturated heterocycles. The van der Waals surface area contributed by atoms with Crippen LogP contribution in [-0.2, 0) is 4.74 Å². The number of allylic oxidation sites excluding steroid dienone is 4. The Balaban J connectivity index is 2.02. The molecule has 0 spiro atoms. The summed E-state index contributed by atoms with van der Waals surface area (Å²) in [5.74, 6) is 0. The summed E-state index contributed by atoms with van der Waals surface area (Å²) in [6.07, 6.45) is 11.4. The molecule has 74 valence electrons. The van der Waals surface area contributed by atoms with Crippen molar-refractivity contribution in [2.75, 3.05) is 13.2 Å². The summed E-state index contributed by atoms with van der Waals surface area (Å²) in [6, 6.07) is 0.884. The van der Waals surface area contributed by atoms with Crippen LogP contribution in [-0.4, -0.2) is 25.3 Å². The molecule has 2 fully saturated rings. The van der Waals surface area contributed by atoms with Crippen LogP contribution < -0.4 is 5.32 Å². The van der Waals surface area contributed by atoms with Crippen LogP contribution in [0, 0.1) is 0 Å². The third-order valence-electron chi connectivity index (χ3n) is 3.17. The normalized spacial score (nSPS) is 45.1. The molecular weight excluding hydrogens is 174 g/mol. The van der Waals surface area contributed by atoms with Crippen LogP contribution in [0.4, 0.5) is 0 Å². The highest BCUT2D eigenvalue weighted by Crippen LogP contribution is 2.31. The second-order valence-electron chi connectivity index (χ2n) is 4.10. The van der Waals surface area contributed by atoms with Crippen molar-refractivity contribution in [3.05, 3.63) is 35.5 Å². The van der Waals surface area contributed by atoms with E-state index in [2.05, 4.69) is 29.6 Å². The van der Waals surface area contributed by atoms with E-state index in [1.165, 1.54) is 11.1 Å². The number of ether oxygens (including phenoxy) is 1. The zero-order valence-corrected chi connectivity index (χ0v) is 8.20. The smallest absolute Gasteiger partial charge is 0.0662 e. The van der Waals surface area contributed by atoms with E-state index >= 15 is 0 Å². The van der Waals surface area contributed by atoms with Crippen molar-refractivity contribution in [1.29, 1.82) is 0 Å². The molecule has 14 heavy (non-hydrogen) atoms. The van der Waals surface area contributed by atoms with Crippen LogP contribution in [0.15, 0.2) is 35.5 Å². The lowest BCUT2D eigenvalue weighted by atomic mass is 9.97. The van der Waals surface area contributed by atoms with Crippen molar-refractivity contribution in [1.82, 2.24) is 5.32 Å². The molecule has 3 aliphatic rings. The minimum absolute atomic E-state index is 0.433. The molecule has 2 heterocycles. The zero-order chi connectivity index (χ0) is 9.38. The van der Waals surface area contributed by atoms with Gasteiger partial charge in [0.05, 0.1) is 25.3 Å². The highest BCUT2D eigenvalue weighted by atomic mass is 16.5. The molecule has 0 amide bonds. The number of hydrogen-bond acceptors (Lipinski definition) is 2. The Morgan fingerprint density at radius 1 is 1.14 bits per heavy atom. The van der Waals surface area contributed by atoms with Crippen molar-refractivity contribution < 1.29 is 4.74 Å². The van der Waals surface area contributed by atoms with Gasteiger partial charge in [-0.15, -0.1) is 0 Å². The van der Waals surface area contributed by atoms with Gasteiger partial charge in [0, 0.05) is 0 Å². The van der Waals surface area contributed by atoms with E-state index in [1.54, 1.807) is 0 Å². The summed E-state index contributed by atoms with van der Waals surface area (Å²) in [5.41, 5.74) is 2.93. The molecule has 0 aromatic rings. The fraction of sp³-hybridized carbons (Fsp3) is 0.500. The lowest BCUT2D eigenvalue weighted by Crippen LogP contribution is -2.41. The summed E-state index contributed by atoms with van der Waals surface area (Å²) >= 11 is 0. The minimum atomic E-state index is 0.433. The lowest BCUT2D eigenvalue weighted by molar-refractivity contribution is 0.0804. The van der Waals surface area contributed by atoms with Crippen molar-refractivity contribution in [3.63, 3.8) is 0 Å². The Morgan fingerprint density at radius 2 is 2.00 bits per heavy atom. The van der Waals surface area contributed by atoms with E-state index < -0.39 is 0 Å². The summed E-state index contributed by atoms with van der Waals surface area (Å²) in [7, 11) is 0. The molecule has 2 atom stereocenters. The van der Waals surface area contributed by atoms with E-state index in [-0.39, 0.29) is 0 Å². The van der Waals surface area contributed by atoms with Crippen LogP contribution in [0.1, 0.15) is 12.8 Å². The number of hydrogen-bond donors (Lipinski definition) is 1. The lowest BCUT2D eigenvalue weighted by Gasteiger charge is -2.20. The van der Waals surface area contributed by atoms with Crippen LogP contribution in [0.2, 0.25) is 0 Å².